The van der Waals surface area contributed by atoms with E-state index < -0.39 is 0 Å². The average molecular weight is 282 g/mol. The van der Waals surface area contributed by atoms with Crippen molar-refractivity contribution < 1.29 is 4.79 Å². The van der Waals surface area contributed by atoms with E-state index >= 15 is 0 Å². The molecule has 0 saturated heterocycles. The summed E-state index contributed by atoms with van der Waals surface area (Å²) < 4.78 is 0. The normalized spacial score (nSPS) is 10.7. The first-order chi connectivity index (χ1) is 9.95. The lowest BCUT2D eigenvalue weighted by atomic mass is 10.1. The van der Waals surface area contributed by atoms with Crippen LogP contribution in [0.5, 0.6) is 0 Å². The van der Waals surface area contributed by atoms with Gasteiger partial charge in [0.25, 0.3) is 5.91 Å². The van der Waals surface area contributed by atoms with E-state index in [1.165, 1.54) is 5.56 Å². The van der Waals surface area contributed by atoms with Gasteiger partial charge in [-0.2, -0.15) is 0 Å². The first-order valence-corrected chi connectivity index (χ1v) is 7.08. The van der Waals surface area contributed by atoms with Crippen LogP contribution < -0.4 is 5.32 Å². The third-order valence-electron chi connectivity index (χ3n) is 3.36. The lowest BCUT2D eigenvalue weighted by molar-refractivity contribution is 0.102. The Labute approximate surface area is 126 Å². The van der Waals surface area contributed by atoms with Crippen LogP contribution in [0.1, 0.15) is 27.0 Å². The Morgan fingerprint density at radius 1 is 1.05 bits per heavy atom. The first-order valence-electron chi connectivity index (χ1n) is 7.08. The highest BCUT2D eigenvalue weighted by atomic mass is 16.1. The zero-order valence-corrected chi connectivity index (χ0v) is 13.1. The largest absolute Gasteiger partial charge is 0.322 e. The van der Waals surface area contributed by atoms with Crippen LogP contribution in [0.4, 0.5) is 5.69 Å². The van der Waals surface area contributed by atoms with Gasteiger partial charge in [-0.25, -0.2) is 0 Å². The number of aryl methyl sites for hydroxylation is 2. The number of anilines is 1. The molecule has 0 heterocycles. The van der Waals surface area contributed by atoms with Crippen LogP contribution in [0.15, 0.2) is 42.5 Å². The van der Waals surface area contributed by atoms with Gasteiger partial charge in [-0.1, -0.05) is 24.3 Å². The molecule has 110 valence electrons. The molecule has 0 radical (unpaired) electrons. The fourth-order valence-corrected chi connectivity index (χ4v) is 2.19. The third kappa shape index (κ3) is 4.17. The summed E-state index contributed by atoms with van der Waals surface area (Å²) >= 11 is 0. The van der Waals surface area contributed by atoms with E-state index in [-0.39, 0.29) is 5.91 Å². The second-order valence-corrected chi connectivity index (χ2v) is 5.71. The first kappa shape index (κ1) is 15.3. The number of hydrogen-bond donors (Lipinski definition) is 1. The van der Waals surface area contributed by atoms with E-state index in [1.807, 2.05) is 70.4 Å². The molecule has 0 aliphatic heterocycles. The van der Waals surface area contributed by atoms with Gasteiger partial charge in [-0.05, 0) is 62.8 Å². The highest BCUT2D eigenvalue weighted by Gasteiger charge is 2.08. The van der Waals surface area contributed by atoms with Crippen LogP contribution in [0.25, 0.3) is 0 Å². The highest BCUT2D eigenvalue weighted by Crippen LogP contribution is 2.17. The van der Waals surface area contributed by atoms with E-state index in [1.54, 1.807) is 0 Å². The van der Waals surface area contributed by atoms with Gasteiger partial charge in [-0.3, -0.25) is 4.79 Å². The summed E-state index contributed by atoms with van der Waals surface area (Å²) in [5.41, 5.74) is 4.95. The minimum absolute atomic E-state index is 0.0693. The monoisotopic (exact) mass is 282 g/mol. The van der Waals surface area contributed by atoms with Gasteiger partial charge in [0.05, 0.1) is 0 Å². The van der Waals surface area contributed by atoms with Crippen molar-refractivity contribution in [2.45, 2.75) is 20.4 Å². The molecular weight excluding hydrogens is 260 g/mol. The Balaban J connectivity index is 2.11. The molecule has 2 rings (SSSR count). The lowest BCUT2D eigenvalue weighted by Gasteiger charge is -2.11. The molecule has 2 aromatic rings. The molecule has 1 amide bonds. The molecule has 0 atom stereocenters. The number of amides is 1. The molecule has 0 spiro atoms. The molecule has 0 saturated carbocycles. The van der Waals surface area contributed by atoms with Crippen molar-refractivity contribution in [1.29, 1.82) is 0 Å². The summed E-state index contributed by atoms with van der Waals surface area (Å²) in [4.78, 5) is 14.4. The fourth-order valence-electron chi connectivity index (χ4n) is 2.19. The summed E-state index contributed by atoms with van der Waals surface area (Å²) in [6.07, 6.45) is 0. The molecule has 0 fully saturated rings. The number of hydrogen-bond acceptors (Lipinski definition) is 2. The molecule has 2 aromatic carbocycles. The van der Waals surface area contributed by atoms with Crippen LogP contribution in [0.3, 0.4) is 0 Å². The molecule has 0 aliphatic rings. The average Bonchev–Trinajstić information content (AvgIpc) is 2.43. The summed E-state index contributed by atoms with van der Waals surface area (Å²) in [6, 6.07) is 13.8. The molecule has 1 N–H and O–H groups in total. The van der Waals surface area contributed by atoms with Gasteiger partial charge < -0.3 is 10.2 Å². The van der Waals surface area contributed by atoms with Gasteiger partial charge in [-0.15, -0.1) is 0 Å². The summed E-state index contributed by atoms with van der Waals surface area (Å²) in [7, 11) is 4.06. The Morgan fingerprint density at radius 3 is 2.33 bits per heavy atom. The smallest absolute Gasteiger partial charge is 0.255 e. The van der Waals surface area contributed by atoms with Crippen molar-refractivity contribution in [3.63, 3.8) is 0 Å². The standard InChI is InChI=1S/C18H22N2O/c1-13-5-6-14(2)17(11-13)19-18(21)16-9-7-15(8-10-16)12-20(3)4/h5-11H,12H2,1-4H3,(H,19,21). The number of carbonyl (C=O) groups excluding carboxylic acids is 1. The Hall–Kier alpha value is -2.13. The Morgan fingerprint density at radius 2 is 1.71 bits per heavy atom. The third-order valence-corrected chi connectivity index (χ3v) is 3.36. The maximum Gasteiger partial charge on any atom is 0.255 e. The maximum atomic E-state index is 12.3. The number of rotatable bonds is 4. The topological polar surface area (TPSA) is 32.3 Å². The molecule has 21 heavy (non-hydrogen) atoms. The Bertz CT molecular complexity index is 630. The number of carbonyl (C=O) groups is 1. The van der Waals surface area contributed by atoms with Crippen molar-refractivity contribution in [2.24, 2.45) is 0 Å². The molecule has 3 heteroatoms. The second-order valence-electron chi connectivity index (χ2n) is 5.71. The predicted molar refractivity (Wildman–Crippen MR) is 87.7 cm³/mol. The lowest BCUT2D eigenvalue weighted by Crippen LogP contribution is -2.14. The summed E-state index contributed by atoms with van der Waals surface area (Å²) in [5, 5.41) is 2.98. The minimum atomic E-state index is -0.0693. The Kier molecular flexibility index (Phi) is 4.76. The van der Waals surface area contributed by atoms with E-state index in [4.69, 9.17) is 0 Å². The van der Waals surface area contributed by atoms with Gasteiger partial charge in [0.2, 0.25) is 0 Å². The number of nitrogens with one attached hydrogen (secondary N) is 1. The van der Waals surface area contributed by atoms with E-state index in [2.05, 4.69) is 10.2 Å². The van der Waals surface area contributed by atoms with E-state index in [0.29, 0.717) is 5.56 Å². The zero-order valence-electron chi connectivity index (χ0n) is 13.1. The van der Waals surface area contributed by atoms with Gasteiger partial charge >= 0.3 is 0 Å². The summed E-state index contributed by atoms with van der Waals surface area (Å²) in [6.45, 7) is 4.89. The van der Waals surface area contributed by atoms with Gasteiger partial charge in [0, 0.05) is 17.8 Å². The zero-order chi connectivity index (χ0) is 15.4. The van der Waals surface area contributed by atoms with Crippen molar-refractivity contribution in [1.82, 2.24) is 4.90 Å². The predicted octanol–water partition coefficient (Wildman–Crippen LogP) is 3.62. The molecule has 0 aromatic heterocycles. The molecule has 3 nitrogen and oxygen atoms in total. The van der Waals surface area contributed by atoms with Crippen LogP contribution in [-0.2, 0) is 6.54 Å². The molecule has 0 bridgehead atoms. The number of benzene rings is 2. The molecule has 0 aliphatic carbocycles. The van der Waals surface area contributed by atoms with E-state index in [0.717, 1.165) is 23.4 Å². The highest BCUT2D eigenvalue weighted by molar-refractivity contribution is 6.04. The number of nitrogens with zero attached hydrogens (tertiary/aromatic N) is 1. The maximum absolute atomic E-state index is 12.3. The summed E-state index contributed by atoms with van der Waals surface area (Å²) in [5.74, 6) is -0.0693. The minimum Gasteiger partial charge on any atom is -0.322 e. The van der Waals surface area contributed by atoms with Crippen molar-refractivity contribution in [3.8, 4) is 0 Å². The van der Waals surface area contributed by atoms with Gasteiger partial charge in [0.1, 0.15) is 0 Å². The van der Waals surface area contributed by atoms with Crippen molar-refractivity contribution >= 4 is 11.6 Å². The SMILES string of the molecule is Cc1ccc(C)c(NC(=O)c2ccc(CN(C)C)cc2)c1. The fraction of sp³-hybridized carbons (Fsp3) is 0.278. The second kappa shape index (κ2) is 6.55. The van der Waals surface area contributed by atoms with Crippen LogP contribution in [0, 0.1) is 13.8 Å². The quantitative estimate of drug-likeness (QED) is 0.929. The van der Waals surface area contributed by atoms with E-state index in [9.17, 15) is 4.79 Å². The van der Waals surface area contributed by atoms with Crippen LogP contribution in [0.2, 0.25) is 0 Å². The molecular formula is C18H22N2O. The van der Waals surface area contributed by atoms with Gasteiger partial charge in [0.15, 0.2) is 0 Å². The van der Waals surface area contributed by atoms with Crippen molar-refractivity contribution in [2.75, 3.05) is 19.4 Å². The molecule has 0 unspecified atom stereocenters. The van der Waals surface area contributed by atoms with Crippen LogP contribution in [-0.4, -0.2) is 24.9 Å². The van der Waals surface area contributed by atoms with Crippen LogP contribution >= 0.6 is 0 Å². The van der Waals surface area contributed by atoms with Crippen molar-refractivity contribution in [3.05, 3.63) is 64.7 Å².